The zero-order valence-electron chi connectivity index (χ0n) is 10.2. The molecule has 1 atom stereocenters. The normalized spacial score (nSPS) is 12.9. The number of rotatable bonds is 8. The van der Waals surface area contributed by atoms with Crippen LogP contribution in [0.2, 0.25) is 0 Å². The average Bonchev–Trinajstić information content (AvgIpc) is 2.30. The van der Waals surface area contributed by atoms with Gasteiger partial charge in [-0.1, -0.05) is 30.3 Å². The lowest BCUT2D eigenvalue weighted by molar-refractivity contribution is 0.0119. The molecule has 0 aliphatic heterocycles. The Morgan fingerprint density at radius 2 is 2.00 bits per heavy atom. The van der Waals surface area contributed by atoms with E-state index >= 15 is 0 Å². The third-order valence-corrected chi connectivity index (χ3v) is 2.43. The first kappa shape index (κ1) is 14.1. The van der Waals surface area contributed by atoms with Crippen LogP contribution in [-0.4, -0.2) is 54.6 Å². The van der Waals surface area contributed by atoms with Gasteiger partial charge in [-0.2, -0.15) is 0 Å². The van der Waals surface area contributed by atoms with Crippen molar-refractivity contribution in [1.82, 2.24) is 4.90 Å². The van der Waals surface area contributed by atoms with Crippen molar-refractivity contribution in [3.05, 3.63) is 35.9 Å². The number of likely N-dealkylation sites (N-methyl/N-ethyl adjacent to an activating group) is 1. The minimum absolute atomic E-state index is 0.105. The predicted octanol–water partition coefficient (Wildman–Crippen LogP) is 0.488. The molecule has 2 N–H and O–H groups in total. The Labute approximate surface area is 102 Å². The molecular weight excluding hydrogens is 218 g/mol. The van der Waals surface area contributed by atoms with Gasteiger partial charge in [-0.15, -0.1) is 0 Å². The summed E-state index contributed by atoms with van der Waals surface area (Å²) in [6.07, 6.45) is -0.518. The minimum atomic E-state index is -0.518. The molecule has 0 aliphatic carbocycles. The second kappa shape index (κ2) is 8.20. The van der Waals surface area contributed by atoms with Gasteiger partial charge < -0.3 is 19.8 Å². The molecule has 0 amide bonds. The number of aliphatic hydroxyl groups is 2. The molecule has 1 rings (SSSR count). The van der Waals surface area contributed by atoms with Gasteiger partial charge >= 0.3 is 0 Å². The first-order valence-corrected chi connectivity index (χ1v) is 5.81. The standard InChI is InChI=1S/C13H21NO3/c1-14(7-8-15)9-13(16)11-17-10-12-5-3-2-4-6-12/h2-6,13,15-16H,7-11H2,1H3/t13-/m1/s1. The largest absolute Gasteiger partial charge is 0.395 e. The van der Waals surface area contributed by atoms with Crippen LogP contribution in [0.15, 0.2) is 30.3 Å². The summed E-state index contributed by atoms with van der Waals surface area (Å²) in [5.74, 6) is 0. The summed E-state index contributed by atoms with van der Waals surface area (Å²) in [7, 11) is 1.86. The second-order valence-corrected chi connectivity index (χ2v) is 4.14. The van der Waals surface area contributed by atoms with Gasteiger partial charge in [-0.3, -0.25) is 0 Å². The minimum Gasteiger partial charge on any atom is -0.395 e. The van der Waals surface area contributed by atoms with E-state index in [4.69, 9.17) is 9.84 Å². The highest BCUT2D eigenvalue weighted by atomic mass is 16.5. The summed E-state index contributed by atoms with van der Waals surface area (Å²) in [5, 5.41) is 18.4. The van der Waals surface area contributed by atoms with E-state index in [0.29, 0.717) is 26.3 Å². The number of benzene rings is 1. The zero-order valence-corrected chi connectivity index (χ0v) is 10.2. The molecule has 1 aromatic rings. The van der Waals surface area contributed by atoms with E-state index in [1.54, 1.807) is 0 Å². The van der Waals surface area contributed by atoms with Crippen LogP contribution in [0.1, 0.15) is 5.56 Å². The monoisotopic (exact) mass is 239 g/mol. The molecule has 0 saturated carbocycles. The Morgan fingerprint density at radius 1 is 1.29 bits per heavy atom. The molecule has 1 aromatic carbocycles. The highest BCUT2D eigenvalue weighted by Crippen LogP contribution is 2.01. The van der Waals surface area contributed by atoms with Crippen LogP contribution in [0.3, 0.4) is 0 Å². The van der Waals surface area contributed by atoms with Gasteiger partial charge in [0.15, 0.2) is 0 Å². The molecule has 0 bridgehead atoms. The maximum absolute atomic E-state index is 9.68. The molecule has 96 valence electrons. The molecule has 0 radical (unpaired) electrons. The van der Waals surface area contributed by atoms with E-state index < -0.39 is 6.10 Å². The van der Waals surface area contributed by atoms with E-state index in [2.05, 4.69) is 0 Å². The molecule has 0 spiro atoms. The lowest BCUT2D eigenvalue weighted by atomic mass is 10.2. The first-order valence-electron chi connectivity index (χ1n) is 5.81. The van der Waals surface area contributed by atoms with Crippen LogP contribution in [-0.2, 0) is 11.3 Å². The van der Waals surface area contributed by atoms with Gasteiger partial charge in [0.25, 0.3) is 0 Å². The van der Waals surface area contributed by atoms with E-state index in [0.717, 1.165) is 5.56 Å². The third kappa shape index (κ3) is 6.38. The van der Waals surface area contributed by atoms with Crippen molar-refractivity contribution in [2.75, 3.05) is 33.4 Å². The van der Waals surface area contributed by atoms with Crippen molar-refractivity contribution in [3.8, 4) is 0 Å². The topological polar surface area (TPSA) is 52.9 Å². The van der Waals surface area contributed by atoms with Crippen LogP contribution in [0.25, 0.3) is 0 Å². The SMILES string of the molecule is CN(CCO)C[C@@H](O)COCc1ccccc1. The summed E-state index contributed by atoms with van der Waals surface area (Å²) < 4.78 is 5.42. The average molecular weight is 239 g/mol. The quantitative estimate of drug-likeness (QED) is 0.693. The molecule has 0 aliphatic rings. The van der Waals surface area contributed by atoms with E-state index in [9.17, 15) is 5.11 Å². The van der Waals surface area contributed by atoms with Crippen molar-refractivity contribution >= 4 is 0 Å². The Bertz CT molecular complexity index is 292. The van der Waals surface area contributed by atoms with Gasteiger partial charge in [0.2, 0.25) is 0 Å². The highest BCUT2D eigenvalue weighted by molar-refractivity contribution is 5.13. The maximum atomic E-state index is 9.68. The zero-order chi connectivity index (χ0) is 12.5. The molecule has 0 aromatic heterocycles. The molecule has 0 unspecified atom stereocenters. The van der Waals surface area contributed by atoms with Gasteiger partial charge in [-0.25, -0.2) is 0 Å². The molecule has 0 fully saturated rings. The molecule has 17 heavy (non-hydrogen) atoms. The summed E-state index contributed by atoms with van der Waals surface area (Å²) in [4.78, 5) is 1.87. The molecule has 4 heteroatoms. The maximum Gasteiger partial charge on any atom is 0.0900 e. The van der Waals surface area contributed by atoms with Crippen LogP contribution < -0.4 is 0 Å². The molecule has 4 nitrogen and oxygen atoms in total. The predicted molar refractivity (Wildman–Crippen MR) is 66.7 cm³/mol. The Balaban J connectivity index is 2.14. The number of hydrogen-bond acceptors (Lipinski definition) is 4. The lowest BCUT2D eigenvalue weighted by Gasteiger charge is -2.19. The van der Waals surface area contributed by atoms with E-state index in [-0.39, 0.29) is 6.61 Å². The fraction of sp³-hybridized carbons (Fsp3) is 0.538. The van der Waals surface area contributed by atoms with Gasteiger partial charge in [0.05, 0.1) is 25.9 Å². The summed E-state index contributed by atoms with van der Waals surface area (Å²) in [5.41, 5.74) is 1.10. The number of hydrogen-bond donors (Lipinski definition) is 2. The first-order chi connectivity index (χ1) is 8.22. The molecule has 0 heterocycles. The summed E-state index contributed by atoms with van der Waals surface area (Å²) in [6, 6.07) is 9.87. The number of aliphatic hydroxyl groups excluding tert-OH is 2. The van der Waals surface area contributed by atoms with E-state index in [1.807, 2.05) is 42.3 Å². The van der Waals surface area contributed by atoms with Crippen molar-refractivity contribution in [2.24, 2.45) is 0 Å². The number of nitrogens with zero attached hydrogens (tertiary/aromatic N) is 1. The second-order valence-electron chi connectivity index (χ2n) is 4.14. The lowest BCUT2D eigenvalue weighted by Crippen LogP contribution is -2.33. The highest BCUT2D eigenvalue weighted by Gasteiger charge is 2.07. The van der Waals surface area contributed by atoms with Crippen LogP contribution in [0.5, 0.6) is 0 Å². The Hall–Kier alpha value is -0.940. The Morgan fingerprint density at radius 3 is 2.65 bits per heavy atom. The van der Waals surface area contributed by atoms with Crippen LogP contribution >= 0.6 is 0 Å². The smallest absolute Gasteiger partial charge is 0.0900 e. The molecule has 0 saturated heterocycles. The van der Waals surface area contributed by atoms with Crippen molar-refractivity contribution in [1.29, 1.82) is 0 Å². The fourth-order valence-electron chi connectivity index (χ4n) is 1.56. The van der Waals surface area contributed by atoms with Gasteiger partial charge in [0.1, 0.15) is 0 Å². The van der Waals surface area contributed by atoms with Crippen LogP contribution in [0, 0.1) is 0 Å². The Kier molecular flexibility index (Phi) is 6.81. The fourth-order valence-corrected chi connectivity index (χ4v) is 1.56. The number of ether oxygens (including phenoxy) is 1. The van der Waals surface area contributed by atoms with Gasteiger partial charge in [-0.05, 0) is 12.6 Å². The van der Waals surface area contributed by atoms with Crippen LogP contribution in [0.4, 0.5) is 0 Å². The molecular formula is C13H21NO3. The van der Waals surface area contributed by atoms with Crippen molar-refractivity contribution < 1.29 is 14.9 Å². The van der Waals surface area contributed by atoms with Crippen molar-refractivity contribution in [2.45, 2.75) is 12.7 Å². The summed E-state index contributed by atoms with van der Waals surface area (Å²) >= 11 is 0. The van der Waals surface area contributed by atoms with Crippen molar-refractivity contribution in [3.63, 3.8) is 0 Å². The van der Waals surface area contributed by atoms with Gasteiger partial charge in [0, 0.05) is 13.1 Å². The van der Waals surface area contributed by atoms with E-state index in [1.165, 1.54) is 0 Å². The summed E-state index contributed by atoms with van der Waals surface area (Å²) in [6.45, 7) is 2.01. The third-order valence-electron chi connectivity index (χ3n) is 2.43.